The van der Waals surface area contributed by atoms with E-state index in [9.17, 15) is 4.39 Å². The van der Waals surface area contributed by atoms with Crippen molar-refractivity contribution in [2.75, 3.05) is 6.61 Å². The van der Waals surface area contributed by atoms with Crippen LogP contribution in [0.4, 0.5) is 4.39 Å². The summed E-state index contributed by atoms with van der Waals surface area (Å²) in [7, 11) is 0. The molecule has 0 saturated carbocycles. The van der Waals surface area contributed by atoms with Gasteiger partial charge in [0.15, 0.2) is 0 Å². The summed E-state index contributed by atoms with van der Waals surface area (Å²) in [6.45, 7) is 2.71. The zero-order valence-electron chi connectivity index (χ0n) is 9.83. The maximum absolute atomic E-state index is 13.7. The summed E-state index contributed by atoms with van der Waals surface area (Å²) in [5.74, 6) is -0.0417. The predicted molar refractivity (Wildman–Crippen MR) is 66.6 cm³/mol. The van der Waals surface area contributed by atoms with E-state index in [-0.39, 0.29) is 23.0 Å². The molecule has 0 bridgehead atoms. The molecule has 1 fully saturated rings. The molecule has 0 amide bonds. The fourth-order valence-corrected chi connectivity index (χ4v) is 2.47. The molecule has 1 saturated heterocycles. The van der Waals surface area contributed by atoms with Crippen molar-refractivity contribution in [3.05, 3.63) is 34.6 Å². The van der Waals surface area contributed by atoms with Gasteiger partial charge in [0.2, 0.25) is 0 Å². The van der Waals surface area contributed by atoms with Crippen molar-refractivity contribution in [2.45, 2.75) is 31.9 Å². The first-order valence-electron chi connectivity index (χ1n) is 5.88. The van der Waals surface area contributed by atoms with Gasteiger partial charge in [-0.3, -0.25) is 0 Å². The second kappa shape index (κ2) is 5.34. The Labute approximate surface area is 106 Å². The van der Waals surface area contributed by atoms with Gasteiger partial charge in [-0.15, -0.1) is 0 Å². The molecule has 1 aromatic rings. The highest BCUT2D eigenvalue weighted by Crippen LogP contribution is 2.25. The van der Waals surface area contributed by atoms with Crippen LogP contribution in [0.15, 0.2) is 18.2 Å². The predicted octanol–water partition coefficient (Wildman–Crippen LogP) is 2.77. The Morgan fingerprint density at radius 3 is 3.00 bits per heavy atom. The zero-order valence-corrected chi connectivity index (χ0v) is 10.6. The summed E-state index contributed by atoms with van der Waals surface area (Å²) in [5, 5.41) is 0.158. The highest BCUT2D eigenvalue weighted by Gasteiger charge is 2.28. The summed E-state index contributed by atoms with van der Waals surface area (Å²) < 4.78 is 19.2. The Hall–Kier alpha value is -0.640. The van der Waals surface area contributed by atoms with Gasteiger partial charge in [-0.25, -0.2) is 4.39 Å². The first-order valence-corrected chi connectivity index (χ1v) is 6.25. The van der Waals surface area contributed by atoms with E-state index >= 15 is 0 Å². The maximum Gasteiger partial charge on any atom is 0.145 e. The average molecular weight is 258 g/mol. The van der Waals surface area contributed by atoms with Crippen LogP contribution in [0.1, 0.15) is 18.9 Å². The van der Waals surface area contributed by atoms with Gasteiger partial charge >= 0.3 is 0 Å². The lowest BCUT2D eigenvalue weighted by Gasteiger charge is -2.18. The molecule has 2 N–H and O–H groups in total. The minimum atomic E-state index is -0.350. The Morgan fingerprint density at radius 1 is 1.59 bits per heavy atom. The zero-order chi connectivity index (χ0) is 12.4. The van der Waals surface area contributed by atoms with E-state index in [1.165, 1.54) is 0 Å². The van der Waals surface area contributed by atoms with Crippen LogP contribution in [0.25, 0.3) is 0 Å². The minimum Gasteiger partial charge on any atom is -0.378 e. The molecule has 1 aliphatic heterocycles. The molecule has 1 heterocycles. The first-order chi connectivity index (χ1) is 8.08. The molecule has 2 nitrogen and oxygen atoms in total. The topological polar surface area (TPSA) is 35.2 Å². The van der Waals surface area contributed by atoms with Gasteiger partial charge in [0, 0.05) is 12.0 Å². The standard InChI is InChI=1S/C13H17ClFNO/c1-8-5-10(7-17-8)12(16)6-9-3-2-4-11(14)13(9)15/h2-4,8,10,12H,5-7,16H2,1H3. The van der Waals surface area contributed by atoms with Crippen LogP contribution in [0.3, 0.4) is 0 Å². The van der Waals surface area contributed by atoms with Crippen LogP contribution in [0.2, 0.25) is 5.02 Å². The van der Waals surface area contributed by atoms with Gasteiger partial charge in [0.25, 0.3) is 0 Å². The molecule has 3 atom stereocenters. The van der Waals surface area contributed by atoms with E-state index in [1.807, 2.05) is 6.92 Å². The number of ether oxygens (including phenoxy) is 1. The van der Waals surface area contributed by atoms with E-state index in [0.29, 0.717) is 24.5 Å². The third kappa shape index (κ3) is 2.97. The van der Waals surface area contributed by atoms with Crippen molar-refractivity contribution in [3.63, 3.8) is 0 Å². The third-order valence-electron chi connectivity index (χ3n) is 3.32. The van der Waals surface area contributed by atoms with Crippen LogP contribution >= 0.6 is 11.6 Å². The Bertz CT molecular complexity index is 399. The summed E-state index contributed by atoms with van der Waals surface area (Å²) in [6, 6.07) is 4.96. The van der Waals surface area contributed by atoms with E-state index in [2.05, 4.69) is 0 Å². The van der Waals surface area contributed by atoms with Crippen LogP contribution in [0.5, 0.6) is 0 Å². The normalized spacial score (nSPS) is 26.1. The number of nitrogens with two attached hydrogens (primary N) is 1. The number of hydrogen-bond donors (Lipinski definition) is 1. The Morgan fingerprint density at radius 2 is 2.35 bits per heavy atom. The first kappa shape index (κ1) is 12.8. The molecule has 1 aromatic carbocycles. The van der Waals surface area contributed by atoms with E-state index in [1.54, 1.807) is 18.2 Å². The van der Waals surface area contributed by atoms with Crippen LogP contribution in [0, 0.1) is 11.7 Å². The molecular weight excluding hydrogens is 241 g/mol. The summed E-state index contributed by atoms with van der Waals surface area (Å²) in [5.41, 5.74) is 6.69. The molecule has 1 aliphatic rings. The smallest absolute Gasteiger partial charge is 0.145 e. The highest BCUT2D eigenvalue weighted by atomic mass is 35.5. The largest absolute Gasteiger partial charge is 0.378 e. The second-order valence-electron chi connectivity index (χ2n) is 4.72. The lowest BCUT2D eigenvalue weighted by Crippen LogP contribution is -2.33. The van der Waals surface area contributed by atoms with Crippen molar-refractivity contribution in [1.29, 1.82) is 0 Å². The number of benzene rings is 1. The van der Waals surface area contributed by atoms with Gasteiger partial charge in [0.05, 0.1) is 17.7 Å². The summed E-state index contributed by atoms with van der Waals surface area (Å²) in [6.07, 6.45) is 1.71. The molecule has 17 heavy (non-hydrogen) atoms. The van der Waals surface area contributed by atoms with Gasteiger partial charge in [0.1, 0.15) is 5.82 Å². The highest BCUT2D eigenvalue weighted by molar-refractivity contribution is 6.30. The van der Waals surface area contributed by atoms with Crippen LogP contribution in [-0.4, -0.2) is 18.8 Å². The molecule has 0 spiro atoms. The van der Waals surface area contributed by atoms with Crippen molar-refractivity contribution in [2.24, 2.45) is 11.7 Å². The molecule has 2 rings (SSSR count). The Kier molecular flexibility index (Phi) is 4.02. The molecule has 3 unspecified atom stereocenters. The van der Waals surface area contributed by atoms with Gasteiger partial charge in [-0.1, -0.05) is 23.7 Å². The minimum absolute atomic E-state index is 0.0760. The lowest BCUT2D eigenvalue weighted by atomic mass is 9.92. The third-order valence-corrected chi connectivity index (χ3v) is 3.61. The van der Waals surface area contributed by atoms with Crippen LogP contribution < -0.4 is 5.73 Å². The second-order valence-corrected chi connectivity index (χ2v) is 5.13. The number of halogens is 2. The average Bonchev–Trinajstić information content (AvgIpc) is 2.72. The van der Waals surface area contributed by atoms with Gasteiger partial charge in [-0.2, -0.15) is 0 Å². The van der Waals surface area contributed by atoms with E-state index in [0.717, 1.165) is 6.42 Å². The SMILES string of the molecule is CC1CC(C(N)Cc2cccc(Cl)c2F)CO1. The molecule has 0 radical (unpaired) electrons. The molecular formula is C13H17ClFNO. The van der Waals surface area contributed by atoms with Crippen molar-refractivity contribution < 1.29 is 9.13 Å². The van der Waals surface area contributed by atoms with Crippen LogP contribution in [-0.2, 0) is 11.2 Å². The summed E-state index contributed by atoms with van der Waals surface area (Å²) in [4.78, 5) is 0. The molecule has 0 aromatic heterocycles. The fourth-order valence-electron chi connectivity index (χ4n) is 2.28. The maximum atomic E-state index is 13.7. The van der Waals surface area contributed by atoms with E-state index in [4.69, 9.17) is 22.1 Å². The Balaban J connectivity index is 2.03. The van der Waals surface area contributed by atoms with Gasteiger partial charge < -0.3 is 10.5 Å². The number of hydrogen-bond acceptors (Lipinski definition) is 2. The molecule has 4 heteroatoms. The number of rotatable bonds is 3. The molecule has 94 valence electrons. The summed E-state index contributed by atoms with van der Waals surface area (Å²) >= 11 is 5.74. The quantitative estimate of drug-likeness (QED) is 0.904. The monoisotopic (exact) mass is 257 g/mol. The molecule has 0 aliphatic carbocycles. The van der Waals surface area contributed by atoms with E-state index < -0.39 is 0 Å². The fraction of sp³-hybridized carbons (Fsp3) is 0.538. The van der Waals surface area contributed by atoms with Crippen molar-refractivity contribution >= 4 is 11.6 Å². The van der Waals surface area contributed by atoms with Crippen molar-refractivity contribution in [3.8, 4) is 0 Å². The lowest BCUT2D eigenvalue weighted by molar-refractivity contribution is 0.118. The van der Waals surface area contributed by atoms with Crippen molar-refractivity contribution in [1.82, 2.24) is 0 Å². The van der Waals surface area contributed by atoms with Gasteiger partial charge in [-0.05, 0) is 31.4 Å².